The molecule has 0 aliphatic heterocycles. The van der Waals surface area contributed by atoms with Crippen LogP contribution in [0, 0.1) is 0 Å². The fourth-order valence-corrected chi connectivity index (χ4v) is 1.61. The summed E-state index contributed by atoms with van der Waals surface area (Å²) in [7, 11) is 0. The summed E-state index contributed by atoms with van der Waals surface area (Å²) >= 11 is 0. The van der Waals surface area contributed by atoms with Crippen LogP contribution in [0.3, 0.4) is 0 Å². The minimum atomic E-state index is -0.556. The van der Waals surface area contributed by atoms with Crippen LogP contribution >= 0.6 is 0 Å². The van der Waals surface area contributed by atoms with Gasteiger partial charge < -0.3 is 15.4 Å². The molecule has 1 atom stereocenters. The monoisotopic (exact) mass is 272 g/mol. The third-order valence-electron chi connectivity index (χ3n) is 2.45. The fourth-order valence-electron chi connectivity index (χ4n) is 1.61. The maximum absolute atomic E-state index is 11.9. The van der Waals surface area contributed by atoms with Crippen molar-refractivity contribution in [3.05, 3.63) is 0 Å². The normalized spacial score (nSPS) is 12.7. The topological polar surface area (TPSA) is 67.4 Å². The third kappa shape index (κ3) is 9.33. The Labute approximate surface area is 116 Å². The summed E-state index contributed by atoms with van der Waals surface area (Å²) < 4.78 is 5.17. The van der Waals surface area contributed by atoms with E-state index in [1.165, 1.54) is 0 Å². The predicted octanol–water partition coefficient (Wildman–Crippen LogP) is 2.60. The Morgan fingerprint density at radius 3 is 2.26 bits per heavy atom. The van der Waals surface area contributed by atoms with E-state index in [-0.39, 0.29) is 5.91 Å². The summed E-state index contributed by atoms with van der Waals surface area (Å²) in [6.07, 6.45) is 3.13. The number of amides is 2. The van der Waals surface area contributed by atoms with E-state index in [2.05, 4.69) is 17.6 Å². The zero-order valence-electron chi connectivity index (χ0n) is 12.8. The van der Waals surface area contributed by atoms with Crippen molar-refractivity contribution >= 4 is 12.0 Å². The van der Waals surface area contributed by atoms with Crippen molar-refractivity contribution in [2.24, 2.45) is 0 Å². The zero-order valence-corrected chi connectivity index (χ0v) is 12.8. The molecule has 0 aromatic heterocycles. The van der Waals surface area contributed by atoms with Crippen LogP contribution in [0.4, 0.5) is 4.79 Å². The second-order valence-electron chi connectivity index (χ2n) is 5.59. The Balaban J connectivity index is 4.39. The molecule has 0 bridgehead atoms. The Hall–Kier alpha value is -1.26. The van der Waals surface area contributed by atoms with Gasteiger partial charge in [0, 0.05) is 6.54 Å². The average Bonchev–Trinajstić information content (AvgIpc) is 2.25. The highest BCUT2D eigenvalue weighted by atomic mass is 16.6. The van der Waals surface area contributed by atoms with Crippen molar-refractivity contribution in [1.82, 2.24) is 10.6 Å². The second-order valence-corrected chi connectivity index (χ2v) is 5.59. The molecule has 0 rings (SSSR count). The molecule has 0 spiro atoms. The van der Waals surface area contributed by atoms with E-state index in [4.69, 9.17) is 4.74 Å². The Kier molecular flexibility index (Phi) is 8.19. The number of hydrogen-bond donors (Lipinski definition) is 2. The maximum atomic E-state index is 11.9. The minimum absolute atomic E-state index is 0.149. The number of carbonyl (C=O) groups excluding carboxylic acids is 2. The quantitative estimate of drug-likeness (QED) is 0.700. The van der Waals surface area contributed by atoms with Gasteiger partial charge in [-0.3, -0.25) is 4.79 Å². The molecular weight excluding hydrogens is 244 g/mol. The summed E-state index contributed by atoms with van der Waals surface area (Å²) in [4.78, 5) is 23.6. The summed E-state index contributed by atoms with van der Waals surface area (Å²) in [6, 6.07) is -0.513. The molecule has 19 heavy (non-hydrogen) atoms. The molecule has 0 saturated heterocycles. The molecule has 0 saturated carbocycles. The molecule has 5 nitrogen and oxygen atoms in total. The summed E-state index contributed by atoms with van der Waals surface area (Å²) in [5.41, 5.74) is -0.556. The molecule has 5 heteroatoms. The molecule has 0 fully saturated rings. The summed E-state index contributed by atoms with van der Waals surface area (Å²) in [5, 5.41) is 5.38. The number of ether oxygens (including phenoxy) is 1. The van der Waals surface area contributed by atoms with Gasteiger partial charge >= 0.3 is 6.09 Å². The summed E-state index contributed by atoms with van der Waals surface area (Å²) in [6.45, 7) is 9.90. The number of unbranched alkanes of at least 4 members (excludes halogenated alkanes) is 2. The number of rotatable bonds is 7. The molecular formula is C14H28N2O3. The largest absolute Gasteiger partial charge is 0.444 e. The molecule has 0 aliphatic rings. The van der Waals surface area contributed by atoms with E-state index in [1.807, 2.05) is 6.92 Å². The fraction of sp³-hybridized carbons (Fsp3) is 0.857. The molecule has 0 radical (unpaired) electrons. The number of nitrogens with one attached hydrogen (secondary N) is 2. The SMILES string of the molecule is CCCCC[C@H](NC(=O)OC(C)(C)C)C(=O)NCC. The first-order valence-electron chi connectivity index (χ1n) is 7.07. The van der Waals surface area contributed by atoms with Crippen molar-refractivity contribution in [2.75, 3.05) is 6.54 Å². The molecule has 0 heterocycles. The van der Waals surface area contributed by atoms with Crippen LogP contribution in [0.5, 0.6) is 0 Å². The Morgan fingerprint density at radius 2 is 1.79 bits per heavy atom. The lowest BCUT2D eigenvalue weighted by Gasteiger charge is -2.23. The van der Waals surface area contributed by atoms with Crippen molar-refractivity contribution in [3.63, 3.8) is 0 Å². The minimum Gasteiger partial charge on any atom is -0.444 e. The third-order valence-corrected chi connectivity index (χ3v) is 2.45. The van der Waals surface area contributed by atoms with E-state index in [9.17, 15) is 9.59 Å². The first kappa shape index (κ1) is 17.7. The molecule has 112 valence electrons. The van der Waals surface area contributed by atoms with E-state index >= 15 is 0 Å². The lowest BCUT2D eigenvalue weighted by atomic mass is 10.1. The van der Waals surface area contributed by atoms with E-state index < -0.39 is 17.7 Å². The van der Waals surface area contributed by atoms with Gasteiger partial charge in [0.1, 0.15) is 11.6 Å². The van der Waals surface area contributed by atoms with Crippen molar-refractivity contribution in [3.8, 4) is 0 Å². The maximum Gasteiger partial charge on any atom is 0.408 e. The second kappa shape index (κ2) is 8.77. The van der Waals surface area contributed by atoms with Crippen molar-refractivity contribution < 1.29 is 14.3 Å². The molecule has 0 aromatic rings. The lowest BCUT2D eigenvalue weighted by molar-refractivity contribution is -0.123. The standard InChI is InChI=1S/C14H28N2O3/c1-6-8-9-10-11(12(17)15-7-2)16-13(18)19-14(3,4)5/h11H,6-10H2,1-5H3,(H,15,17)(H,16,18)/t11-/m0/s1. The molecule has 0 aromatic carbocycles. The van der Waals surface area contributed by atoms with Crippen LogP contribution in [-0.4, -0.2) is 30.2 Å². The average molecular weight is 272 g/mol. The number of carbonyl (C=O) groups is 2. The van der Waals surface area contributed by atoms with Crippen LogP contribution in [-0.2, 0) is 9.53 Å². The van der Waals surface area contributed by atoms with Crippen LogP contribution < -0.4 is 10.6 Å². The van der Waals surface area contributed by atoms with Gasteiger partial charge in [-0.2, -0.15) is 0 Å². The van der Waals surface area contributed by atoms with Crippen LogP contribution in [0.1, 0.15) is 60.3 Å². The van der Waals surface area contributed by atoms with Gasteiger partial charge in [0.05, 0.1) is 0 Å². The van der Waals surface area contributed by atoms with E-state index in [0.29, 0.717) is 13.0 Å². The van der Waals surface area contributed by atoms with Crippen LogP contribution in [0.2, 0.25) is 0 Å². The smallest absolute Gasteiger partial charge is 0.408 e. The predicted molar refractivity (Wildman–Crippen MR) is 76.0 cm³/mol. The van der Waals surface area contributed by atoms with Gasteiger partial charge in [-0.25, -0.2) is 4.79 Å². The molecule has 0 unspecified atom stereocenters. The first-order valence-corrected chi connectivity index (χ1v) is 7.07. The number of alkyl carbamates (subject to hydrolysis) is 1. The Morgan fingerprint density at radius 1 is 1.16 bits per heavy atom. The number of hydrogen-bond acceptors (Lipinski definition) is 3. The lowest BCUT2D eigenvalue weighted by Crippen LogP contribution is -2.48. The zero-order chi connectivity index (χ0) is 14.9. The van der Waals surface area contributed by atoms with Gasteiger partial charge in [-0.15, -0.1) is 0 Å². The molecule has 2 N–H and O–H groups in total. The highest BCUT2D eigenvalue weighted by Gasteiger charge is 2.23. The number of likely N-dealkylation sites (N-methyl/N-ethyl adjacent to an activating group) is 1. The van der Waals surface area contributed by atoms with Crippen LogP contribution in [0.25, 0.3) is 0 Å². The van der Waals surface area contributed by atoms with Gasteiger partial charge in [0.25, 0.3) is 0 Å². The van der Waals surface area contributed by atoms with Gasteiger partial charge in [0.2, 0.25) is 5.91 Å². The first-order chi connectivity index (χ1) is 8.80. The van der Waals surface area contributed by atoms with Crippen LogP contribution in [0.15, 0.2) is 0 Å². The van der Waals surface area contributed by atoms with Crippen molar-refractivity contribution in [1.29, 1.82) is 0 Å². The highest BCUT2D eigenvalue weighted by Crippen LogP contribution is 2.09. The molecule has 2 amide bonds. The van der Waals surface area contributed by atoms with Gasteiger partial charge in [0.15, 0.2) is 0 Å². The Bertz CT molecular complexity index is 285. The molecule has 0 aliphatic carbocycles. The highest BCUT2D eigenvalue weighted by molar-refractivity contribution is 5.85. The van der Waals surface area contributed by atoms with Crippen molar-refractivity contribution in [2.45, 2.75) is 71.9 Å². The van der Waals surface area contributed by atoms with E-state index in [0.717, 1.165) is 19.3 Å². The summed E-state index contributed by atoms with van der Waals surface area (Å²) in [5.74, 6) is -0.149. The van der Waals surface area contributed by atoms with Gasteiger partial charge in [-0.1, -0.05) is 26.2 Å². The van der Waals surface area contributed by atoms with Gasteiger partial charge in [-0.05, 0) is 34.1 Å². The van der Waals surface area contributed by atoms with E-state index in [1.54, 1.807) is 20.8 Å².